The van der Waals surface area contributed by atoms with Gasteiger partial charge in [-0.1, -0.05) is 42.5 Å². The first-order valence-electron chi connectivity index (χ1n) is 7.48. The molecule has 0 saturated carbocycles. The fraction of sp³-hybridized carbons (Fsp3) is 0.211. The first-order chi connectivity index (χ1) is 10.7. The normalized spacial score (nSPS) is 23.1. The minimum Gasteiger partial charge on any atom is -0.465 e. The van der Waals surface area contributed by atoms with E-state index in [-0.39, 0.29) is 5.54 Å². The van der Waals surface area contributed by atoms with Crippen molar-refractivity contribution < 1.29 is 4.74 Å². The maximum Gasteiger partial charge on any atom is 0.297 e. The van der Waals surface area contributed by atoms with Gasteiger partial charge in [-0.05, 0) is 31.2 Å². The third-order valence-electron chi connectivity index (χ3n) is 3.98. The lowest BCUT2D eigenvalue weighted by atomic mass is 9.94. The molecule has 0 aliphatic carbocycles. The van der Waals surface area contributed by atoms with E-state index in [4.69, 9.17) is 9.73 Å². The molecule has 3 heteroatoms. The summed E-state index contributed by atoms with van der Waals surface area (Å²) in [5, 5.41) is 0. The topological polar surface area (TPSA) is 24.8 Å². The van der Waals surface area contributed by atoms with Crippen LogP contribution in [0.4, 0.5) is 11.4 Å². The van der Waals surface area contributed by atoms with Crippen molar-refractivity contribution in [2.45, 2.75) is 18.9 Å². The lowest BCUT2D eigenvalue weighted by Gasteiger charge is -2.44. The van der Waals surface area contributed by atoms with E-state index in [1.54, 1.807) is 0 Å². The summed E-state index contributed by atoms with van der Waals surface area (Å²) in [5.74, 6) is 0. The number of aliphatic imine (C=N–C) groups is 1. The Hall–Kier alpha value is -2.55. The highest BCUT2D eigenvalue weighted by molar-refractivity contribution is 5.95. The van der Waals surface area contributed by atoms with Crippen molar-refractivity contribution in [3.05, 3.63) is 73.3 Å². The quantitative estimate of drug-likeness (QED) is 0.775. The summed E-state index contributed by atoms with van der Waals surface area (Å²) in [5.41, 5.74) is 1.72. The number of rotatable bonds is 3. The summed E-state index contributed by atoms with van der Waals surface area (Å²) >= 11 is 0. The molecule has 2 aromatic rings. The van der Waals surface area contributed by atoms with E-state index in [0.29, 0.717) is 12.6 Å². The third kappa shape index (κ3) is 2.75. The van der Waals surface area contributed by atoms with Crippen molar-refractivity contribution in [2.75, 3.05) is 11.5 Å². The highest BCUT2D eigenvalue weighted by Gasteiger charge is 2.37. The molecule has 0 bridgehead atoms. The molecule has 22 heavy (non-hydrogen) atoms. The van der Waals surface area contributed by atoms with Crippen LogP contribution in [0.3, 0.4) is 0 Å². The molecule has 0 radical (unpaired) electrons. The predicted molar refractivity (Wildman–Crippen MR) is 91.6 cm³/mol. The van der Waals surface area contributed by atoms with Crippen LogP contribution in [0.25, 0.3) is 0 Å². The van der Waals surface area contributed by atoms with Crippen molar-refractivity contribution in [3.8, 4) is 0 Å². The summed E-state index contributed by atoms with van der Waals surface area (Å²) in [7, 11) is 0. The van der Waals surface area contributed by atoms with Crippen LogP contribution in [0.1, 0.15) is 13.3 Å². The Balaban J connectivity index is 2.07. The van der Waals surface area contributed by atoms with E-state index in [1.165, 1.54) is 0 Å². The Morgan fingerprint density at radius 3 is 2.36 bits per heavy atom. The molecule has 1 fully saturated rings. The predicted octanol–water partition coefficient (Wildman–Crippen LogP) is 4.55. The van der Waals surface area contributed by atoms with Gasteiger partial charge in [-0.15, -0.1) is 6.58 Å². The summed E-state index contributed by atoms with van der Waals surface area (Å²) in [4.78, 5) is 6.81. The Morgan fingerprint density at radius 1 is 1.09 bits per heavy atom. The van der Waals surface area contributed by atoms with Crippen molar-refractivity contribution in [2.24, 2.45) is 4.99 Å². The SMILES string of the molecule is C=CC1(C)CCOC(=Nc2ccccc2)N1c1ccccc1. The van der Waals surface area contributed by atoms with Gasteiger partial charge in [-0.2, -0.15) is 4.99 Å². The van der Waals surface area contributed by atoms with E-state index >= 15 is 0 Å². The van der Waals surface area contributed by atoms with E-state index in [0.717, 1.165) is 17.8 Å². The van der Waals surface area contributed by atoms with Gasteiger partial charge in [0.05, 0.1) is 17.8 Å². The van der Waals surface area contributed by atoms with Crippen LogP contribution in [0.15, 0.2) is 78.3 Å². The molecule has 1 atom stereocenters. The number of hydrogen-bond acceptors (Lipinski definition) is 2. The third-order valence-corrected chi connectivity index (χ3v) is 3.98. The van der Waals surface area contributed by atoms with Crippen molar-refractivity contribution in [1.29, 1.82) is 0 Å². The molecule has 1 aliphatic heterocycles. The first-order valence-corrected chi connectivity index (χ1v) is 7.48. The van der Waals surface area contributed by atoms with Crippen LogP contribution in [-0.4, -0.2) is 18.2 Å². The van der Waals surface area contributed by atoms with Crippen LogP contribution < -0.4 is 4.90 Å². The standard InChI is InChI=1S/C19H20N2O/c1-3-19(2)14-15-22-18(20-16-10-6-4-7-11-16)21(19)17-12-8-5-9-13-17/h3-13H,1,14-15H2,2H3. The number of amidine groups is 1. The fourth-order valence-electron chi connectivity index (χ4n) is 2.61. The minimum atomic E-state index is -0.215. The second kappa shape index (κ2) is 6.06. The van der Waals surface area contributed by atoms with Crippen LogP contribution in [-0.2, 0) is 4.74 Å². The van der Waals surface area contributed by atoms with Crippen LogP contribution in [0.5, 0.6) is 0 Å². The number of benzene rings is 2. The first kappa shape index (κ1) is 14.4. The zero-order valence-electron chi connectivity index (χ0n) is 12.8. The zero-order valence-corrected chi connectivity index (χ0v) is 12.8. The minimum absolute atomic E-state index is 0.215. The van der Waals surface area contributed by atoms with Crippen LogP contribution >= 0.6 is 0 Å². The van der Waals surface area contributed by atoms with E-state index in [1.807, 2.05) is 54.6 Å². The van der Waals surface area contributed by atoms with E-state index in [2.05, 4.69) is 30.5 Å². The molecule has 1 unspecified atom stereocenters. The van der Waals surface area contributed by atoms with Gasteiger partial charge in [0, 0.05) is 12.1 Å². The van der Waals surface area contributed by atoms with Gasteiger partial charge in [0.15, 0.2) is 0 Å². The molecule has 1 aliphatic rings. The Kier molecular flexibility index (Phi) is 3.96. The molecule has 3 nitrogen and oxygen atoms in total. The van der Waals surface area contributed by atoms with Gasteiger partial charge in [-0.3, -0.25) is 4.90 Å². The van der Waals surface area contributed by atoms with E-state index in [9.17, 15) is 0 Å². The van der Waals surface area contributed by atoms with Crippen molar-refractivity contribution >= 4 is 17.4 Å². The number of para-hydroxylation sites is 2. The number of nitrogens with zero attached hydrogens (tertiary/aromatic N) is 2. The van der Waals surface area contributed by atoms with Gasteiger partial charge in [0.25, 0.3) is 6.02 Å². The van der Waals surface area contributed by atoms with Crippen LogP contribution in [0.2, 0.25) is 0 Å². The van der Waals surface area contributed by atoms with Crippen LogP contribution in [0, 0.1) is 0 Å². The molecule has 2 aromatic carbocycles. The van der Waals surface area contributed by atoms with Gasteiger partial charge >= 0.3 is 0 Å². The maximum absolute atomic E-state index is 5.87. The number of anilines is 1. The smallest absolute Gasteiger partial charge is 0.297 e. The zero-order chi connectivity index (χ0) is 15.4. The summed E-state index contributed by atoms with van der Waals surface area (Å²) in [6, 6.07) is 20.7. The second-order valence-electron chi connectivity index (χ2n) is 5.56. The molecule has 0 N–H and O–H groups in total. The molecule has 0 spiro atoms. The summed E-state index contributed by atoms with van der Waals surface area (Å²) < 4.78 is 5.87. The highest BCUT2D eigenvalue weighted by Crippen LogP contribution is 2.33. The van der Waals surface area contributed by atoms with Crippen molar-refractivity contribution in [1.82, 2.24) is 0 Å². The maximum atomic E-state index is 5.87. The Bertz CT molecular complexity index is 666. The van der Waals surface area contributed by atoms with Gasteiger partial charge in [0.2, 0.25) is 0 Å². The average molecular weight is 292 g/mol. The summed E-state index contributed by atoms with van der Waals surface area (Å²) in [6.07, 6.45) is 2.85. The fourth-order valence-corrected chi connectivity index (χ4v) is 2.61. The molecule has 112 valence electrons. The number of ether oxygens (including phenoxy) is 1. The lowest BCUT2D eigenvalue weighted by Crippen LogP contribution is -2.54. The highest BCUT2D eigenvalue weighted by atomic mass is 16.5. The monoisotopic (exact) mass is 292 g/mol. The molecule has 0 amide bonds. The lowest BCUT2D eigenvalue weighted by molar-refractivity contribution is 0.226. The van der Waals surface area contributed by atoms with Gasteiger partial charge < -0.3 is 4.74 Å². The summed E-state index contributed by atoms with van der Waals surface area (Å²) in [6.45, 7) is 6.82. The van der Waals surface area contributed by atoms with Crippen molar-refractivity contribution in [3.63, 3.8) is 0 Å². The van der Waals surface area contributed by atoms with E-state index < -0.39 is 0 Å². The van der Waals surface area contributed by atoms with Gasteiger partial charge in [-0.25, -0.2) is 0 Å². The Morgan fingerprint density at radius 2 is 1.73 bits per heavy atom. The molecule has 1 heterocycles. The largest absolute Gasteiger partial charge is 0.465 e. The van der Waals surface area contributed by atoms with Gasteiger partial charge in [0.1, 0.15) is 0 Å². The Labute approximate surface area is 131 Å². The molecular formula is C19H20N2O. The molecule has 1 saturated heterocycles. The second-order valence-corrected chi connectivity index (χ2v) is 5.56. The number of hydrogen-bond donors (Lipinski definition) is 0. The molecule has 3 rings (SSSR count). The molecule has 0 aromatic heterocycles. The average Bonchev–Trinajstić information content (AvgIpc) is 2.57. The molecular weight excluding hydrogens is 272 g/mol.